The summed E-state index contributed by atoms with van der Waals surface area (Å²) in [6.45, 7) is 1.95. The highest BCUT2D eigenvalue weighted by Gasteiger charge is 2.19. The highest BCUT2D eigenvalue weighted by molar-refractivity contribution is 5.77. The maximum atomic E-state index is 13.3. The molecule has 162 valence electrons. The molecule has 0 aliphatic rings. The minimum absolute atomic E-state index is 0.198. The Morgan fingerprint density at radius 1 is 0.938 bits per heavy atom. The van der Waals surface area contributed by atoms with Crippen LogP contribution >= 0.6 is 0 Å². The first-order valence-electron chi connectivity index (χ1n) is 10.2. The largest absolute Gasteiger partial charge is 0.497 e. The normalized spacial score (nSPS) is 11.4. The van der Waals surface area contributed by atoms with Crippen LogP contribution in [0.25, 0.3) is 10.9 Å². The van der Waals surface area contributed by atoms with E-state index in [1.54, 1.807) is 20.3 Å². The molecule has 8 nitrogen and oxygen atoms in total. The van der Waals surface area contributed by atoms with Gasteiger partial charge >= 0.3 is 5.56 Å². The molecule has 32 heavy (non-hydrogen) atoms. The Labute approximate surface area is 185 Å². The minimum Gasteiger partial charge on any atom is -0.497 e. The maximum absolute atomic E-state index is 13.3. The summed E-state index contributed by atoms with van der Waals surface area (Å²) in [6, 6.07) is 22.0. The number of para-hydroxylation sites is 1. The summed E-state index contributed by atoms with van der Waals surface area (Å²) in [5.74, 6) is 2.05. The molecule has 0 fully saturated rings. The second-order valence-corrected chi connectivity index (χ2v) is 6.95. The van der Waals surface area contributed by atoms with Crippen molar-refractivity contribution in [3.8, 4) is 11.5 Å². The zero-order valence-electron chi connectivity index (χ0n) is 18.1. The fourth-order valence-electron chi connectivity index (χ4n) is 3.24. The third kappa shape index (κ3) is 4.29. The average molecular weight is 430 g/mol. The van der Waals surface area contributed by atoms with Crippen LogP contribution in [0.2, 0.25) is 0 Å². The maximum Gasteiger partial charge on any atom is 0.367 e. The molecular weight excluding hydrogens is 406 g/mol. The van der Waals surface area contributed by atoms with E-state index in [1.165, 1.54) is 9.48 Å². The Morgan fingerprint density at radius 2 is 1.56 bits per heavy atom. The summed E-state index contributed by atoms with van der Waals surface area (Å²) in [6.07, 6.45) is 0.562. The first-order chi connectivity index (χ1) is 15.6. The topological polar surface area (TPSA) is 80.8 Å². The number of nitrogens with one attached hydrogen (secondary N) is 1. The molecule has 0 aliphatic carbocycles. The molecule has 8 heteroatoms. The van der Waals surface area contributed by atoms with Crippen molar-refractivity contribution in [3.63, 3.8) is 0 Å². The Kier molecular flexibility index (Phi) is 6.12. The van der Waals surface area contributed by atoms with E-state index in [0.717, 1.165) is 11.5 Å². The van der Waals surface area contributed by atoms with Crippen LogP contribution in [0, 0.1) is 0 Å². The summed E-state index contributed by atoms with van der Waals surface area (Å²) in [4.78, 5) is 19.5. The van der Waals surface area contributed by atoms with Gasteiger partial charge in [0.1, 0.15) is 17.2 Å². The van der Waals surface area contributed by atoms with Gasteiger partial charge in [-0.3, -0.25) is 0 Å². The van der Waals surface area contributed by atoms with Crippen molar-refractivity contribution in [3.05, 3.63) is 89.0 Å². The summed E-state index contributed by atoms with van der Waals surface area (Å²) in [7, 11) is 3.23. The van der Waals surface area contributed by atoms with Gasteiger partial charge in [0.2, 0.25) is 5.82 Å². The number of aromatic nitrogens is 2. The quantitative estimate of drug-likeness (QED) is 0.264. The highest BCUT2D eigenvalue weighted by atomic mass is 16.5. The molecule has 0 aliphatic heterocycles. The zero-order valence-corrected chi connectivity index (χ0v) is 18.1. The van der Waals surface area contributed by atoms with Crippen molar-refractivity contribution < 1.29 is 14.3 Å². The van der Waals surface area contributed by atoms with E-state index in [2.05, 4.69) is 15.6 Å². The van der Waals surface area contributed by atoms with Crippen LogP contribution in [0.1, 0.15) is 12.7 Å². The average Bonchev–Trinajstić information content (AvgIpc) is 2.85. The van der Waals surface area contributed by atoms with Crippen molar-refractivity contribution in [1.82, 2.24) is 9.66 Å². The number of nitrogens with zero attached hydrogens (tertiary/aromatic N) is 4. The number of methoxy groups -OCH3 is 2. The van der Waals surface area contributed by atoms with E-state index in [4.69, 9.17) is 9.47 Å². The van der Waals surface area contributed by atoms with Crippen LogP contribution < -0.4 is 20.6 Å². The van der Waals surface area contributed by atoms with Crippen molar-refractivity contribution in [2.24, 2.45) is 5.11 Å². The summed E-state index contributed by atoms with van der Waals surface area (Å²) in [5.41, 5.74) is 4.98. The number of ether oxygens (including phenoxy) is 2. The predicted molar refractivity (Wildman–Crippen MR) is 123 cm³/mol. The van der Waals surface area contributed by atoms with Crippen LogP contribution in [-0.2, 0) is 6.42 Å². The number of hydrazine groups is 1. The van der Waals surface area contributed by atoms with E-state index in [1.807, 2.05) is 73.7 Å². The lowest BCUT2D eigenvalue weighted by Crippen LogP contribution is -2.36. The molecule has 0 unspecified atom stereocenters. The van der Waals surface area contributed by atoms with Crippen molar-refractivity contribution >= 4 is 22.3 Å². The predicted octanol–water partition coefficient (Wildman–Crippen LogP) is 4.56. The number of aryl methyl sites for hydroxylation is 1. The van der Waals surface area contributed by atoms with Gasteiger partial charge in [-0.1, -0.05) is 34.4 Å². The molecule has 1 heterocycles. The van der Waals surface area contributed by atoms with E-state index in [0.29, 0.717) is 34.5 Å². The monoisotopic (exact) mass is 430 g/mol. The summed E-state index contributed by atoms with van der Waals surface area (Å²) >= 11 is 0. The van der Waals surface area contributed by atoms with E-state index in [9.17, 15) is 4.79 Å². The molecule has 0 saturated carbocycles. The fraction of sp³-hybridized carbons (Fsp3) is 0.167. The second kappa shape index (κ2) is 9.30. The SMILES string of the molecule is CCc1nc2ccccc2c(=O)n1N[N+](=Nc1ccc(OC)cc1)c1ccc(OC)cc1. The Bertz CT molecular complexity index is 1310. The Hall–Kier alpha value is -4.20. The standard InChI is InChI=1S/C24H24N5O3/c1-4-23-25-22-8-6-5-7-21(22)24(30)28(23)27-29(18-11-15-20(32-3)16-12-18)26-17-9-13-19(31-2)14-10-17/h5-16H,4H2,1-3H3,(H,26,27)/q+1. The number of rotatable bonds is 7. The number of fused-ring (bicyclic) bond motifs is 1. The molecule has 4 aromatic rings. The number of benzene rings is 3. The lowest BCUT2D eigenvalue weighted by Gasteiger charge is -2.10. The Balaban J connectivity index is 1.84. The molecule has 0 spiro atoms. The molecule has 0 amide bonds. The van der Waals surface area contributed by atoms with Crippen LogP contribution in [0.3, 0.4) is 0 Å². The number of azo groups is 1. The first-order valence-corrected chi connectivity index (χ1v) is 10.2. The first kappa shape index (κ1) is 21.0. The molecular formula is C24H24N5O3+. The van der Waals surface area contributed by atoms with Crippen LogP contribution in [0.15, 0.2) is 82.7 Å². The molecule has 0 radical (unpaired) electrons. The van der Waals surface area contributed by atoms with Crippen molar-refractivity contribution in [2.45, 2.75) is 13.3 Å². The summed E-state index contributed by atoms with van der Waals surface area (Å²) in [5, 5.41) is 5.21. The Morgan fingerprint density at radius 3 is 2.19 bits per heavy atom. The van der Waals surface area contributed by atoms with Gasteiger partial charge in [-0.2, -0.15) is 0 Å². The third-order valence-corrected chi connectivity index (χ3v) is 4.96. The van der Waals surface area contributed by atoms with Gasteiger partial charge in [0.05, 0.1) is 25.1 Å². The van der Waals surface area contributed by atoms with Crippen LogP contribution in [0.4, 0.5) is 11.4 Å². The van der Waals surface area contributed by atoms with Crippen LogP contribution in [0.5, 0.6) is 11.5 Å². The van der Waals surface area contributed by atoms with Gasteiger partial charge < -0.3 is 9.47 Å². The van der Waals surface area contributed by atoms with Crippen LogP contribution in [-0.4, -0.2) is 28.7 Å². The lowest BCUT2D eigenvalue weighted by atomic mass is 10.2. The smallest absolute Gasteiger partial charge is 0.367 e. The van der Waals surface area contributed by atoms with E-state index >= 15 is 0 Å². The molecule has 0 bridgehead atoms. The second-order valence-electron chi connectivity index (χ2n) is 6.95. The van der Waals surface area contributed by atoms with Gasteiger partial charge in [0.15, 0.2) is 5.69 Å². The minimum atomic E-state index is -0.198. The van der Waals surface area contributed by atoms with Gasteiger partial charge in [0.25, 0.3) is 0 Å². The number of hydrogen-bond donors (Lipinski definition) is 1. The summed E-state index contributed by atoms with van der Waals surface area (Å²) < 4.78 is 11.9. The van der Waals surface area contributed by atoms with Crippen molar-refractivity contribution in [1.29, 1.82) is 0 Å². The molecule has 3 aromatic carbocycles. The van der Waals surface area contributed by atoms with E-state index < -0.39 is 0 Å². The van der Waals surface area contributed by atoms with Crippen molar-refractivity contribution in [2.75, 3.05) is 19.8 Å². The molecule has 4 rings (SSSR count). The van der Waals surface area contributed by atoms with Gasteiger partial charge in [-0.15, -0.1) is 0 Å². The van der Waals surface area contributed by atoms with Gasteiger partial charge in [-0.05, 0) is 65.5 Å². The zero-order chi connectivity index (χ0) is 22.5. The number of hydrogen-bond acceptors (Lipinski definition) is 5. The molecule has 0 saturated heterocycles. The highest BCUT2D eigenvalue weighted by Crippen LogP contribution is 2.22. The molecule has 0 atom stereocenters. The molecule has 1 aromatic heterocycles. The third-order valence-electron chi connectivity index (χ3n) is 4.96. The fourth-order valence-corrected chi connectivity index (χ4v) is 3.24. The lowest BCUT2D eigenvalue weighted by molar-refractivity contribution is -0.491. The van der Waals surface area contributed by atoms with Gasteiger partial charge in [0, 0.05) is 6.42 Å². The van der Waals surface area contributed by atoms with Gasteiger partial charge in [-0.25, -0.2) is 9.78 Å². The molecule has 1 N–H and O–H groups in total. The van der Waals surface area contributed by atoms with E-state index in [-0.39, 0.29) is 5.56 Å².